The van der Waals surface area contributed by atoms with Crippen molar-refractivity contribution in [3.8, 4) is 0 Å². The molecule has 0 radical (unpaired) electrons. The van der Waals surface area contributed by atoms with Crippen LogP contribution in [0.15, 0.2) is 0 Å². The first-order valence-electron chi connectivity index (χ1n) is 7.93. The molecule has 3 atom stereocenters. The number of ether oxygens (including phenoxy) is 1. The highest BCUT2D eigenvalue weighted by atomic mass is 16.5. The highest BCUT2D eigenvalue weighted by molar-refractivity contribution is 4.70. The normalized spacial score (nSPS) is 26.5. The number of hydrogen-bond donors (Lipinski definition) is 1. The third kappa shape index (κ3) is 7.38. The van der Waals surface area contributed by atoms with Crippen LogP contribution in [0.4, 0.5) is 0 Å². The first kappa shape index (κ1) is 16.0. The highest BCUT2D eigenvalue weighted by Crippen LogP contribution is 2.28. The first-order valence-corrected chi connectivity index (χ1v) is 7.93. The Balaban J connectivity index is 2.00. The zero-order valence-electron chi connectivity index (χ0n) is 12.9. The van der Waals surface area contributed by atoms with Crippen molar-refractivity contribution in [2.24, 2.45) is 11.8 Å². The molecule has 0 bridgehead atoms. The van der Waals surface area contributed by atoms with Crippen LogP contribution in [0.2, 0.25) is 0 Å². The van der Waals surface area contributed by atoms with Crippen LogP contribution >= 0.6 is 0 Å². The average Bonchev–Trinajstić information content (AvgIpc) is 2.32. The van der Waals surface area contributed by atoms with Crippen LogP contribution in [0.25, 0.3) is 0 Å². The summed E-state index contributed by atoms with van der Waals surface area (Å²) in [5.41, 5.74) is 0. The van der Waals surface area contributed by atoms with Gasteiger partial charge < -0.3 is 10.1 Å². The molecule has 0 saturated heterocycles. The zero-order valence-corrected chi connectivity index (χ0v) is 12.9. The molecule has 0 spiro atoms. The first-order chi connectivity index (χ1) is 8.58. The van der Waals surface area contributed by atoms with Gasteiger partial charge in [0.05, 0.1) is 6.10 Å². The molecule has 0 aromatic rings. The van der Waals surface area contributed by atoms with Crippen LogP contribution < -0.4 is 5.32 Å². The van der Waals surface area contributed by atoms with Crippen LogP contribution in [0, 0.1) is 11.8 Å². The van der Waals surface area contributed by atoms with Gasteiger partial charge in [-0.25, -0.2) is 0 Å². The van der Waals surface area contributed by atoms with E-state index in [1.165, 1.54) is 38.5 Å². The van der Waals surface area contributed by atoms with Crippen molar-refractivity contribution in [2.75, 3.05) is 13.2 Å². The largest absolute Gasteiger partial charge is 0.378 e. The van der Waals surface area contributed by atoms with Gasteiger partial charge >= 0.3 is 0 Å². The molecule has 2 heteroatoms. The summed E-state index contributed by atoms with van der Waals surface area (Å²) in [4.78, 5) is 0. The van der Waals surface area contributed by atoms with Gasteiger partial charge in [-0.1, -0.05) is 33.6 Å². The van der Waals surface area contributed by atoms with E-state index in [9.17, 15) is 0 Å². The van der Waals surface area contributed by atoms with Crippen molar-refractivity contribution in [1.29, 1.82) is 0 Å². The van der Waals surface area contributed by atoms with E-state index in [1.807, 2.05) is 0 Å². The molecule has 108 valence electrons. The Hall–Kier alpha value is -0.0800. The molecule has 2 nitrogen and oxygen atoms in total. The van der Waals surface area contributed by atoms with E-state index in [2.05, 4.69) is 33.0 Å². The van der Waals surface area contributed by atoms with Gasteiger partial charge in [0.25, 0.3) is 0 Å². The maximum atomic E-state index is 6.01. The second-order valence-corrected chi connectivity index (χ2v) is 6.53. The molecule has 1 saturated carbocycles. The van der Waals surface area contributed by atoms with E-state index in [0.717, 1.165) is 25.0 Å². The van der Waals surface area contributed by atoms with E-state index >= 15 is 0 Å². The lowest BCUT2D eigenvalue weighted by atomic mass is 9.83. The van der Waals surface area contributed by atoms with Crippen molar-refractivity contribution in [3.05, 3.63) is 0 Å². The Kier molecular flexibility index (Phi) is 7.92. The van der Waals surface area contributed by atoms with Gasteiger partial charge in [0.15, 0.2) is 0 Å². The molecule has 1 aliphatic carbocycles. The third-order valence-corrected chi connectivity index (χ3v) is 4.00. The van der Waals surface area contributed by atoms with Gasteiger partial charge in [0.1, 0.15) is 0 Å². The van der Waals surface area contributed by atoms with Crippen molar-refractivity contribution in [1.82, 2.24) is 5.32 Å². The molecule has 0 heterocycles. The standard InChI is InChI=1S/C16H33NO/c1-13(2)17-10-6-8-15(4)18-12-16-9-5-7-14(3)11-16/h13-17H,5-12H2,1-4H3. The molecule has 0 amide bonds. The van der Waals surface area contributed by atoms with Gasteiger partial charge in [-0.05, 0) is 51.0 Å². The van der Waals surface area contributed by atoms with Crippen LogP contribution in [0.5, 0.6) is 0 Å². The van der Waals surface area contributed by atoms with Gasteiger partial charge in [0.2, 0.25) is 0 Å². The molecule has 0 aromatic heterocycles. The molecule has 0 aromatic carbocycles. The second-order valence-electron chi connectivity index (χ2n) is 6.53. The zero-order chi connectivity index (χ0) is 13.4. The Morgan fingerprint density at radius 2 is 2.00 bits per heavy atom. The third-order valence-electron chi connectivity index (χ3n) is 4.00. The van der Waals surface area contributed by atoms with E-state index in [-0.39, 0.29) is 0 Å². The van der Waals surface area contributed by atoms with Gasteiger partial charge in [-0.3, -0.25) is 0 Å². The molecule has 0 aliphatic heterocycles. The van der Waals surface area contributed by atoms with Crippen LogP contribution in [-0.2, 0) is 4.74 Å². The number of rotatable bonds is 8. The monoisotopic (exact) mass is 255 g/mol. The number of hydrogen-bond acceptors (Lipinski definition) is 2. The fourth-order valence-electron chi connectivity index (χ4n) is 2.88. The van der Waals surface area contributed by atoms with Crippen molar-refractivity contribution < 1.29 is 4.74 Å². The van der Waals surface area contributed by atoms with Crippen LogP contribution in [-0.4, -0.2) is 25.3 Å². The SMILES string of the molecule is CC1CCCC(COC(C)CCCNC(C)C)C1. The van der Waals surface area contributed by atoms with Crippen molar-refractivity contribution in [2.45, 2.75) is 78.4 Å². The molecule has 1 aliphatic rings. The highest BCUT2D eigenvalue weighted by Gasteiger charge is 2.19. The summed E-state index contributed by atoms with van der Waals surface area (Å²) >= 11 is 0. The lowest BCUT2D eigenvalue weighted by Crippen LogP contribution is -2.25. The Bertz CT molecular complexity index is 205. The molecule has 1 N–H and O–H groups in total. The quantitative estimate of drug-likeness (QED) is 0.662. The minimum atomic E-state index is 0.427. The lowest BCUT2D eigenvalue weighted by Gasteiger charge is -2.27. The average molecular weight is 255 g/mol. The molecular formula is C16H33NO. The van der Waals surface area contributed by atoms with Gasteiger partial charge in [-0.15, -0.1) is 0 Å². The molecule has 1 fully saturated rings. The van der Waals surface area contributed by atoms with E-state index in [1.54, 1.807) is 0 Å². The van der Waals surface area contributed by atoms with E-state index in [0.29, 0.717) is 12.1 Å². The van der Waals surface area contributed by atoms with Crippen molar-refractivity contribution >= 4 is 0 Å². The van der Waals surface area contributed by atoms with Crippen molar-refractivity contribution in [3.63, 3.8) is 0 Å². The number of nitrogens with one attached hydrogen (secondary N) is 1. The minimum Gasteiger partial charge on any atom is -0.378 e. The summed E-state index contributed by atoms with van der Waals surface area (Å²) in [6, 6.07) is 0.602. The van der Waals surface area contributed by atoms with Crippen LogP contribution in [0.3, 0.4) is 0 Å². The fourth-order valence-corrected chi connectivity index (χ4v) is 2.88. The lowest BCUT2D eigenvalue weighted by molar-refractivity contribution is 0.0207. The predicted octanol–water partition coefficient (Wildman–Crippen LogP) is 4.00. The summed E-state index contributed by atoms with van der Waals surface area (Å²) in [6.45, 7) is 11.1. The van der Waals surface area contributed by atoms with E-state index in [4.69, 9.17) is 4.74 Å². The summed E-state index contributed by atoms with van der Waals surface area (Å²) < 4.78 is 6.01. The smallest absolute Gasteiger partial charge is 0.0547 e. The summed E-state index contributed by atoms with van der Waals surface area (Å²) in [5, 5.41) is 3.46. The molecular weight excluding hydrogens is 222 g/mol. The Morgan fingerprint density at radius 1 is 1.22 bits per heavy atom. The predicted molar refractivity (Wildman–Crippen MR) is 78.9 cm³/mol. The van der Waals surface area contributed by atoms with Crippen LogP contribution in [0.1, 0.15) is 66.2 Å². The minimum absolute atomic E-state index is 0.427. The van der Waals surface area contributed by atoms with E-state index < -0.39 is 0 Å². The van der Waals surface area contributed by atoms with Gasteiger partial charge in [-0.2, -0.15) is 0 Å². The molecule has 1 rings (SSSR count). The second kappa shape index (κ2) is 8.92. The topological polar surface area (TPSA) is 21.3 Å². The fraction of sp³-hybridized carbons (Fsp3) is 1.00. The Morgan fingerprint density at radius 3 is 2.67 bits per heavy atom. The summed E-state index contributed by atoms with van der Waals surface area (Å²) in [6.07, 6.45) is 8.42. The maximum Gasteiger partial charge on any atom is 0.0547 e. The summed E-state index contributed by atoms with van der Waals surface area (Å²) in [7, 11) is 0. The molecule has 18 heavy (non-hydrogen) atoms. The Labute approximate surface area is 114 Å². The van der Waals surface area contributed by atoms with Gasteiger partial charge in [0, 0.05) is 12.6 Å². The maximum absolute atomic E-state index is 6.01. The summed E-state index contributed by atoms with van der Waals surface area (Å²) in [5.74, 6) is 1.74. The molecule has 3 unspecified atom stereocenters.